The van der Waals surface area contributed by atoms with Crippen molar-refractivity contribution < 1.29 is 14.3 Å². The maximum absolute atomic E-state index is 13.0. The van der Waals surface area contributed by atoms with Gasteiger partial charge in [0.15, 0.2) is 0 Å². The molecule has 1 N–H and O–H groups in total. The molecule has 0 radical (unpaired) electrons. The lowest BCUT2D eigenvalue weighted by Crippen LogP contribution is -2.35. The van der Waals surface area contributed by atoms with Gasteiger partial charge in [0.05, 0.1) is 12.2 Å². The van der Waals surface area contributed by atoms with E-state index in [-0.39, 0.29) is 11.8 Å². The third-order valence-electron chi connectivity index (χ3n) is 5.45. The second kappa shape index (κ2) is 11.9. The molecule has 0 aromatic heterocycles. The predicted octanol–water partition coefficient (Wildman–Crippen LogP) is 6.29. The number of halogens is 1. The van der Waals surface area contributed by atoms with Crippen molar-refractivity contribution in [3.8, 4) is 5.75 Å². The number of rotatable bonds is 9. The van der Waals surface area contributed by atoms with Gasteiger partial charge in [-0.15, -0.1) is 0 Å². The number of piperidine rings is 1. The van der Waals surface area contributed by atoms with Crippen LogP contribution in [0.4, 0.5) is 5.69 Å². The summed E-state index contributed by atoms with van der Waals surface area (Å²) in [6.07, 6.45) is 7.71. The molecular weight excluding hydrogens is 456 g/mol. The number of carbonyl (C=O) groups excluding carboxylic acids is 2. The van der Waals surface area contributed by atoms with Gasteiger partial charge in [-0.25, -0.2) is 0 Å². The summed E-state index contributed by atoms with van der Waals surface area (Å²) in [6.45, 7) is 4.35. The van der Waals surface area contributed by atoms with Crippen molar-refractivity contribution in [1.29, 1.82) is 0 Å². The Balaban J connectivity index is 1.68. The Morgan fingerprint density at radius 2 is 1.84 bits per heavy atom. The normalized spacial score (nSPS) is 13.7. The van der Waals surface area contributed by atoms with Crippen molar-refractivity contribution in [2.75, 3.05) is 25.0 Å². The first-order valence-electron chi connectivity index (χ1n) is 11.2. The zero-order chi connectivity index (χ0) is 22.1. The maximum Gasteiger partial charge on any atom is 0.259 e. The monoisotopic (exact) mass is 486 g/mol. The molecule has 0 spiro atoms. The highest BCUT2D eigenvalue weighted by Crippen LogP contribution is 2.25. The molecule has 2 aromatic rings. The molecule has 5 nitrogen and oxygen atoms in total. The van der Waals surface area contributed by atoms with Crippen LogP contribution in [-0.4, -0.2) is 36.4 Å². The Morgan fingerprint density at radius 3 is 2.61 bits per heavy atom. The molecule has 1 fully saturated rings. The van der Waals surface area contributed by atoms with Gasteiger partial charge in [0.1, 0.15) is 5.75 Å². The molecule has 1 heterocycles. The summed E-state index contributed by atoms with van der Waals surface area (Å²) in [4.78, 5) is 27.7. The number of unbranched alkanes of at least 4 members (excludes halogenated alkanes) is 3. The highest BCUT2D eigenvalue weighted by Gasteiger charge is 2.19. The second-order valence-electron chi connectivity index (χ2n) is 7.94. The van der Waals surface area contributed by atoms with Crippen molar-refractivity contribution >= 4 is 33.4 Å². The number of carbonyl (C=O) groups is 2. The lowest BCUT2D eigenvalue weighted by atomic mass is 10.1. The molecule has 2 amide bonds. The minimum absolute atomic E-state index is 0.0226. The summed E-state index contributed by atoms with van der Waals surface area (Å²) in [6, 6.07) is 12.6. The highest BCUT2D eigenvalue weighted by molar-refractivity contribution is 9.10. The lowest BCUT2D eigenvalue weighted by Gasteiger charge is -2.26. The van der Waals surface area contributed by atoms with Crippen LogP contribution in [0.15, 0.2) is 46.9 Å². The molecule has 0 atom stereocenters. The molecule has 31 heavy (non-hydrogen) atoms. The standard InChI is InChI=1S/C25H31BrN2O3/c1-2-3-4-8-16-31-23-13-12-20(26)18-22(23)24(29)27-21-11-9-10-19(17-21)25(30)28-14-6-5-7-15-28/h9-13,17-18H,2-8,14-16H2,1H3,(H,27,29). The smallest absolute Gasteiger partial charge is 0.259 e. The van der Waals surface area contributed by atoms with E-state index in [9.17, 15) is 9.59 Å². The first-order chi connectivity index (χ1) is 15.1. The van der Waals surface area contributed by atoms with Crippen molar-refractivity contribution in [2.24, 2.45) is 0 Å². The van der Waals surface area contributed by atoms with Crippen LogP contribution in [0, 0.1) is 0 Å². The predicted molar refractivity (Wildman–Crippen MR) is 128 cm³/mol. The van der Waals surface area contributed by atoms with E-state index >= 15 is 0 Å². The zero-order valence-electron chi connectivity index (χ0n) is 18.2. The van der Waals surface area contributed by atoms with Crippen LogP contribution in [0.3, 0.4) is 0 Å². The van der Waals surface area contributed by atoms with Gasteiger partial charge in [0.25, 0.3) is 11.8 Å². The first-order valence-corrected chi connectivity index (χ1v) is 12.0. The third kappa shape index (κ3) is 6.82. The average molecular weight is 487 g/mol. The van der Waals surface area contributed by atoms with E-state index in [2.05, 4.69) is 28.2 Å². The minimum atomic E-state index is -0.257. The summed E-state index contributed by atoms with van der Waals surface area (Å²) < 4.78 is 6.71. The van der Waals surface area contributed by atoms with Crippen LogP contribution in [0.1, 0.15) is 72.6 Å². The fraction of sp³-hybridized carbons (Fsp3) is 0.440. The molecule has 2 aromatic carbocycles. The van der Waals surface area contributed by atoms with Crippen molar-refractivity contribution in [2.45, 2.75) is 51.9 Å². The molecule has 1 aliphatic heterocycles. The number of hydrogen-bond donors (Lipinski definition) is 1. The number of nitrogens with one attached hydrogen (secondary N) is 1. The fourth-order valence-corrected chi connectivity index (χ4v) is 4.09. The number of likely N-dealkylation sites (tertiary alicyclic amines) is 1. The summed E-state index contributed by atoms with van der Waals surface area (Å²) in [5.74, 6) is 0.333. The van der Waals surface area contributed by atoms with Gasteiger partial charge in [0, 0.05) is 28.8 Å². The van der Waals surface area contributed by atoms with Gasteiger partial charge in [0.2, 0.25) is 0 Å². The van der Waals surface area contributed by atoms with Gasteiger partial charge >= 0.3 is 0 Å². The zero-order valence-corrected chi connectivity index (χ0v) is 19.7. The Labute approximate surface area is 193 Å². The summed E-state index contributed by atoms with van der Waals surface area (Å²) >= 11 is 3.44. The Hall–Kier alpha value is -2.34. The van der Waals surface area contributed by atoms with E-state index in [0.717, 1.165) is 43.2 Å². The van der Waals surface area contributed by atoms with Crippen LogP contribution in [-0.2, 0) is 0 Å². The SMILES string of the molecule is CCCCCCOc1ccc(Br)cc1C(=O)Nc1cccc(C(=O)N2CCCCC2)c1. The quantitative estimate of drug-likeness (QED) is 0.423. The second-order valence-corrected chi connectivity index (χ2v) is 8.85. The van der Waals surface area contributed by atoms with Crippen LogP contribution in [0.5, 0.6) is 5.75 Å². The topological polar surface area (TPSA) is 58.6 Å². The highest BCUT2D eigenvalue weighted by atomic mass is 79.9. The molecule has 1 saturated heterocycles. The van der Waals surface area contributed by atoms with Crippen molar-refractivity contribution in [3.05, 3.63) is 58.1 Å². The lowest BCUT2D eigenvalue weighted by molar-refractivity contribution is 0.0724. The summed E-state index contributed by atoms with van der Waals surface area (Å²) in [5, 5.41) is 2.92. The number of benzene rings is 2. The Bertz CT molecular complexity index is 894. The first kappa shape index (κ1) is 23.3. The fourth-order valence-electron chi connectivity index (χ4n) is 3.72. The van der Waals surface area contributed by atoms with E-state index in [1.165, 1.54) is 19.3 Å². The van der Waals surface area contributed by atoms with E-state index in [1.807, 2.05) is 17.0 Å². The van der Waals surface area contributed by atoms with Crippen LogP contribution >= 0.6 is 15.9 Å². The number of anilines is 1. The Kier molecular flexibility index (Phi) is 8.95. The Morgan fingerprint density at radius 1 is 1.03 bits per heavy atom. The number of nitrogens with zero attached hydrogens (tertiary/aromatic N) is 1. The van der Waals surface area contributed by atoms with E-state index < -0.39 is 0 Å². The molecule has 6 heteroatoms. The van der Waals surface area contributed by atoms with Crippen molar-refractivity contribution in [3.63, 3.8) is 0 Å². The van der Waals surface area contributed by atoms with Gasteiger partial charge in [-0.1, -0.05) is 48.2 Å². The molecule has 3 rings (SSSR count). The van der Waals surface area contributed by atoms with E-state index in [4.69, 9.17) is 4.74 Å². The van der Waals surface area contributed by atoms with Crippen molar-refractivity contribution in [1.82, 2.24) is 4.90 Å². The van der Waals surface area contributed by atoms with E-state index in [0.29, 0.717) is 29.2 Å². The summed E-state index contributed by atoms with van der Waals surface area (Å²) in [7, 11) is 0. The number of ether oxygens (including phenoxy) is 1. The third-order valence-corrected chi connectivity index (χ3v) is 5.95. The van der Waals surface area contributed by atoms with Gasteiger partial charge in [-0.3, -0.25) is 9.59 Å². The molecular formula is C25H31BrN2O3. The molecule has 0 unspecified atom stereocenters. The largest absolute Gasteiger partial charge is 0.493 e. The molecule has 0 bridgehead atoms. The minimum Gasteiger partial charge on any atom is -0.493 e. The summed E-state index contributed by atoms with van der Waals surface area (Å²) in [5.41, 5.74) is 1.67. The van der Waals surface area contributed by atoms with E-state index in [1.54, 1.807) is 30.3 Å². The van der Waals surface area contributed by atoms with Gasteiger partial charge < -0.3 is 15.0 Å². The molecule has 0 saturated carbocycles. The molecule has 1 aliphatic rings. The maximum atomic E-state index is 13.0. The molecule has 166 valence electrons. The number of hydrogen-bond acceptors (Lipinski definition) is 3. The average Bonchev–Trinajstić information content (AvgIpc) is 2.80. The van der Waals surface area contributed by atoms with Gasteiger partial charge in [-0.2, -0.15) is 0 Å². The molecule has 0 aliphatic carbocycles. The van der Waals surface area contributed by atoms with Crippen LogP contribution in [0.2, 0.25) is 0 Å². The van der Waals surface area contributed by atoms with Gasteiger partial charge in [-0.05, 0) is 62.1 Å². The number of amides is 2. The van der Waals surface area contributed by atoms with Crippen LogP contribution in [0.25, 0.3) is 0 Å². The van der Waals surface area contributed by atoms with Crippen LogP contribution < -0.4 is 10.1 Å².